The number of fused-ring (bicyclic) bond motifs is 2. The Kier molecular flexibility index (Phi) is 4.73. The molecule has 2 unspecified atom stereocenters. The number of amides is 2. The smallest absolute Gasteiger partial charge is 0.282 e. The second-order valence-electron chi connectivity index (χ2n) is 7.49. The average molecular weight is 402 g/mol. The molecule has 1 fully saturated rings. The SMILES string of the molecule is CCON1C(=O)/C(=C/C2CCC(/C=C3/C(=O)Nc4ccccc43)O2)c2ccccc21. The Labute approximate surface area is 174 Å². The van der Waals surface area contributed by atoms with Crippen LogP contribution >= 0.6 is 0 Å². The first-order valence-electron chi connectivity index (χ1n) is 10.2. The van der Waals surface area contributed by atoms with Gasteiger partial charge in [0.1, 0.15) is 0 Å². The minimum absolute atomic E-state index is 0.103. The van der Waals surface area contributed by atoms with Crippen molar-refractivity contribution in [3.63, 3.8) is 0 Å². The third-order valence-electron chi connectivity index (χ3n) is 5.59. The summed E-state index contributed by atoms with van der Waals surface area (Å²) >= 11 is 0. The summed E-state index contributed by atoms with van der Waals surface area (Å²) in [4.78, 5) is 30.8. The van der Waals surface area contributed by atoms with E-state index in [2.05, 4.69) is 5.32 Å². The highest BCUT2D eigenvalue weighted by atomic mass is 16.7. The maximum atomic E-state index is 12.9. The van der Waals surface area contributed by atoms with Gasteiger partial charge in [-0.15, -0.1) is 0 Å². The molecule has 2 aromatic rings. The topological polar surface area (TPSA) is 67.9 Å². The molecular weight excluding hydrogens is 380 g/mol. The summed E-state index contributed by atoms with van der Waals surface area (Å²) in [5.41, 5.74) is 4.58. The summed E-state index contributed by atoms with van der Waals surface area (Å²) < 4.78 is 6.16. The molecule has 3 heterocycles. The van der Waals surface area contributed by atoms with Crippen LogP contribution in [0.25, 0.3) is 11.1 Å². The summed E-state index contributed by atoms with van der Waals surface area (Å²) in [6.45, 7) is 2.26. The minimum Gasteiger partial charge on any atom is -0.367 e. The molecule has 30 heavy (non-hydrogen) atoms. The molecule has 1 N–H and O–H groups in total. The maximum Gasteiger partial charge on any atom is 0.282 e. The molecule has 6 nitrogen and oxygen atoms in total. The Bertz CT molecular complexity index is 1090. The van der Waals surface area contributed by atoms with E-state index in [1.54, 1.807) is 0 Å². The lowest BCUT2D eigenvalue weighted by Gasteiger charge is -2.14. The van der Waals surface area contributed by atoms with Crippen molar-refractivity contribution in [3.05, 3.63) is 71.8 Å². The van der Waals surface area contributed by atoms with Crippen molar-refractivity contribution in [1.82, 2.24) is 0 Å². The molecule has 0 spiro atoms. The van der Waals surface area contributed by atoms with E-state index >= 15 is 0 Å². The van der Waals surface area contributed by atoms with Crippen LogP contribution in [0.4, 0.5) is 11.4 Å². The zero-order chi connectivity index (χ0) is 20.7. The normalized spacial score (nSPS) is 25.2. The first-order valence-corrected chi connectivity index (χ1v) is 10.2. The lowest BCUT2D eigenvalue weighted by Crippen LogP contribution is -2.26. The fraction of sp³-hybridized carbons (Fsp3) is 0.250. The van der Waals surface area contributed by atoms with Gasteiger partial charge < -0.3 is 10.1 Å². The van der Waals surface area contributed by atoms with Crippen LogP contribution in [0, 0.1) is 0 Å². The van der Waals surface area contributed by atoms with Gasteiger partial charge in [-0.25, -0.2) is 0 Å². The molecule has 3 aliphatic heterocycles. The van der Waals surface area contributed by atoms with Crippen molar-refractivity contribution >= 4 is 34.3 Å². The van der Waals surface area contributed by atoms with Crippen molar-refractivity contribution in [2.24, 2.45) is 0 Å². The van der Waals surface area contributed by atoms with E-state index in [0.29, 0.717) is 17.8 Å². The van der Waals surface area contributed by atoms with Gasteiger partial charge in [0.2, 0.25) is 0 Å². The van der Waals surface area contributed by atoms with Crippen LogP contribution in [0.2, 0.25) is 0 Å². The van der Waals surface area contributed by atoms with Crippen LogP contribution in [0.15, 0.2) is 60.7 Å². The van der Waals surface area contributed by atoms with Crippen molar-refractivity contribution in [3.8, 4) is 0 Å². The number of hydrogen-bond donors (Lipinski definition) is 1. The molecule has 5 rings (SSSR count). The molecule has 2 aromatic carbocycles. The first kappa shape index (κ1) is 18.8. The fourth-order valence-electron chi connectivity index (χ4n) is 4.24. The lowest BCUT2D eigenvalue weighted by molar-refractivity contribution is -0.119. The molecule has 0 aromatic heterocycles. The molecule has 3 aliphatic rings. The zero-order valence-electron chi connectivity index (χ0n) is 16.6. The first-order chi connectivity index (χ1) is 14.7. The molecular formula is C24H22N2O4. The van der Waals surface area contributed by atoms with Gasteiger partial charge in [0, 0.05) is 22.4 Å². The van der Waals surface area contributed by atoms with Crippen molar-refractivity contribution in [2.45, 2.75) is 32.0 Å². The van der Waals surface area contributed by atoms with Gasteiger partial charge in [-0.1, -0.05) is 36.4 Å². The van der Waals surface area contributed by atoms with Crippen LogP contribution in [0.1, 0.15) is 30.9 Å². The number of hydroxylamine groups is 1. The van der Waals surface area contributed by atoms with E-state index in [1.807, 2.05) is 67.6 Å². The monoisotopic (exact) mass is 402 g/mol. The van der Waals surface area contributed by atoms with E-state index in [-0.39, 0.29) is 24.0 Å². The molecule has 6 heteroatoms. The third kappa shape index (κ3) is 3.14. The van der Waals surface area contributed by atoms with Crippen LogP contribution in [-0.2, 0) is 19.2 Å². The van der Waals surface area contributed by atoms with Gasteiger partial charge in [0.15, 0.2) is 0 Å². The highest BCUT2D eigenvalue weighted by Gasteiger charge is 2.35. The van der Waals surface area contributed by atoms with Gasteiger partial charge in [-0.05, 0) is 44.1 Å². The second-order valence-corrected chi connectivity index (χ2v) is 7.49. The molecule has 152 valence electrons. The highest BCUT2D eigenvalue weighted by molar-refractivity contribution is 6.32. The Morgan fingerprint density at radius 2 is 1.67 bits per heavy atom. The number of nitrogens with one attached hydrogen (secondary N) is 1. The van der Waals surface area contributed by atoms with Crippen LogP contribution in [0.3, 0.4) is 0 Å². The minimum atomic E-state index is -0.194. The second kappa shape index (κ2) is 7.55. The summed E-state index contributed by atoms with van der Waals surface area (Å²) in [6.07, 6.45) is 5.00. The predicted octanol–water partition coefficient (Wildman–Crippen LogP) is 3.95. The average Bonchev–Trinajstić information content (AvgIpc) is 3.41. The number of ether oxygens (including phenoxy) is 1. The summed E-state index contributed by atoms with van der Waals surface area (Å²) in [5.74, 6) is -0.276. The van der Waals surface area contributed by atoms with Crippen LogP contribution in [-0.4, -0.2) is 30.6 Å². The molecule has 0 saturated carbocycles. The summed E-state index contributed by atoms with van der Waals surface area (Å²) in [7, 11) is 0. The van der Waals surface area contributed by atoms with Crippen LogP contribution < -0.4 is 10.4 Å². The number of nitrogens with zero attached hydrogens (tertiary/aromatic N) is 1. The summed E-state index contributed by atoms with van der Waals surface area (Å²) in [5, 5.41) is 4.24. The summed E-state index contributed by atoms with van der Waals surface area (Å²) in [6, 6.07) is 15.2. The number of carbonyl (C=O) groups is 2. The van der Waals surface area contributed by atoms with Crippen molar-refractivity contribution in [1.29, 1.82) is 0 Å². The van der Waals surface area contributed by atoms with E-state index < -0.39 is 0 Å². The zero-order valence-corrected chi connectivity index (χ0v) is 16.6. The van der Waals surface area contributed by atoms with Gasteiger partial charge in [-0.2, -0.15) is 5.06 Å². The van der Waals surface area contributed by atoms with Crippen LogP contribution in [0.5, 0.6) is 0 Å². The number of benzene rings is 2. The number of para-hydroxylation sites is 2. The van der Waals surface area contributed by atoms with E-state index in [4.69, 9.17) is 9.57 Å². The van der Waals surface area contributed by atoms with E-state index in [9.17, 15) is 9.59 Å². The number of carbonyl (C=O) groups excluding carboxylic acids is 2. The lowest BCUT2D eigenvalue weighted by atomic mass is 10.0. The van der Waals surface area contributed by atoms with Crippen molar-refractivity contribution in [2.75, 3.05) is 17.0 Å². The molecule has 0 bridgehead atoms. The molecule has 2 amide bonds. The molecule has 1 saturated heterocycles. The van der Waals surface area contributed by atoms with Crippen molar-refractivity contribution < 1.29 is 19.2 Å². The van der Waals surface area contributed by atoms with E-state index in [0.717, 1.165) is 35.3 Å². The largest absolute Gasteiger partial charge is 0.367 e. The Morgan fingerprint density at radius 1 is 1.00 bits per heavy atom. The molecule has 2 atom stereocenters. The fourth-order valence-corrected chi connectivity index (χ4v) is 4.24. The Hall–Kier alpha value is -3.22. The number of rotatable bonds is 4. The third-order valence-corrected chi connectivity index (χ3v) is 5.59. The Balaban J connectivity index is 1.38. The van der Waals surface area contributed by atoms with Gasteiger partial charge in [0.25, 0.3) is 11.8 Å². The van der Waals surface area contributed by atoms with Gasteiger partial charge >= 0.3 is 0 Å². The van der Waals surface area contributed by atoms with Gasteiger partial charge in [-0.3, -0.25) is 14.4 Å². The maximum absolute atomic E-state index is 12.9. The molecule has 0 aliphatic carbocycles. The predicted molar refractivity (Wildman–Crippen MR) is 114 cm³/mol. The standard InChI is InChI=1S/C24H22N2O4/c1-2-29-26-22-10-6-4-8-18(22)20(24(26)28)14-16-12-11-15(30-16)13-19-17-7-3-5-9-21(17)25-23(19)27/h3-10,13-16H,2,11-12H2,1H3,(H,25,27)/b19-13+,20-14+. The quantitative estimate of drug-likeness (QED) is 0.787. The molecule has 0 radical (unpaired) electrons. The highest BCUT2D eigenvalue weighted by Crippen LogP contribution is 2.39. The van der Waals surface area contributed by atoms with E-state index in [1.165, 1.54) is 5.06 Å². The Morgan fingerprint density at radius 3 is 2.43 bits per heavy atom. The number of hydrogen-bond acceptors (Lipinski definition) is 4. The van der Waals surface area contributed by atoms with Gasteiger partial charge in [0.05, 0.1) is 30.1 Å². The number of anilines is 2.